The Morgan fingerprint density at radius 2 is 1.79 bits per heavy atom. The molecular weight excluding hydrogens is 452 g/mol. The van der Waals surface area contributed by atoms with E-state index in [-0.39, 0.29) is 5.82 Å². The Morgan fingerprint density at radius 3 is 2.52 bits per heavy atom. The molecule has 1 aromatic heterocycles. The third kappa shape index (κ3) is 4.58. The van der Waals surface area contributed by atoms with E-state index in [0.717, 1.165) is 29.4 Å². The summed E-state index contributed by atoms with van der Waals surface area (Å²) < 4.78 is 16.4. The van der Waals surface area contributed by atoms with Crippen molar-refractivity contribution in [3.05, 3.63) is 62.8 Å². The summed E-state index contributed by atoms with van der Waals surface area (Å²) in [6.45, 7) is 0. The fourth-order valence-electron chi connectivity index (χ4n) is 3.71. The molecule has 29 heavy (non-hydrogen) atoms. The Bertz CT molecular complexity index is 998. The number of aromatic nitrogens is 3. The highest BCUT2D eigenvalue weighted by molar-refractivity contribution is 7.98. The maximum Gasteiger partial charge on any atom is 0.192 e. The van der Waals surface area contributed by atoms with Crippen LogP contribution in [0.3, 0.4) is 0 Å². The van der Waals surface area contributed by atoms with E-state index in [2.05, 4.69) is 14.8 Å². The van der Waals surface area contributed by atoms with Crippen molar-refractivity contribution in [3.8, 4) is 11.4 Å². The van der Waals surface area contributed by atoms with Crippen molar-refractivity contribution in [3.63, 3.8) is 0 Å². The summed E-state index contributed by atoms with van der Waals surface area (Å²) >= 11 is 20.2. The molecule has 0 radical (unpaired) electrons. The van der Waals surface area contributed by atoms with Crippen LogP contribution in [0.2, 0.25) is 15.1 Å². The number of halogens is 4. The van der Waals surface area contributed by atoms with Gasteiger partial charge >= 0.3 is 0 Å². The molecule has 3 nitrogen and oxygen atoms in total. The van der Waals surface area contributed by atoms with Crippen molar-refractivity contribution in [1.29, 1.82) is 0 Å². The third-order valence-electron chi connectivity index (χ3n) is 5.18. The number of hydrogen-bond acceptors (Lipinski definition) is 3. The minimum Gasteiger partial charge on any atom is -0.299 e. The van der Waals surface area contributed by atoms with Gasteiger partial charge < -0.3 is 0 Å². The van der Waals surface area contributed by atoms with Gasteiger partial charge in [-0.2, -0.15) is 0 Å². The van der Waals surface area contributed by atoms with Gasteiger partial charge in [-0.25, -0.2) is 4.39 Å². The first-order valence-electron chi connectivity index (χ1n) is 9.50. The second-order valence-electron chi connectivity index (χ2n) is 7.08. The van der Waals surface area contributed by atoms with Crippen molar-refractivity contribution in [2.45, 2.75) is 49.1 Å². The second-order valence-corrected chi connectivity index (χ2v) is 9.27. The largest absolute Gasteiger partial charge is 0.299 e. The summed E-state index contributed by atoms with van der Waals surface area (Å²) in [6, 6.07) is 10.4. The first kappa shape index (κ1) is 21.0. The molecular formula is C21H19Cl3FN3S. The summed E-state index contributed by atoms with van der Waals surface area (Å²) in [5.74, 6) is 0.792. The monoisotopic (exact) mass is 469 g/mol. The number of rotatable bonds is 5. The summed E-state index contributed by atoms with van der Waals surface area (Å²) in [6.07, 6.45) is 5.69. The topological polar surface area (TPSA) is 30.7 Å². The Kier molecular flexibility index (Phi) is 6.69. The predicted octanol–water partition coefficient (Wildman–Crippen LogP) is 7.84. The molecule has 3 aromatic rings. The maximum atomic E-state index is 14.2. The molecule has 1 heterocycles. The minimum atomic E-state index is -0.310. The molecule has 0 spiro atoms. The average Bonchev–Trinajstić information content (AvgIpc) is 3.12. The predicted molar refractivity (Wildman–Crippen MR) is 119 cm³/mol. The van der Waals surface area contributed by atoms with Crippen LogP contribution in [0.5, 0.6) is 0 Å². The standard InChI is InChI=1S/C21H19Cl3FN3S/c22-13-9-10-15(18(24)11-13)20-26-27-21(28(20)14-5-2-1-3-6-14)29-12-16-17(23)7-4-8-19(16)25/h4,7-11,14H,1-3,5-6,12H2. The van der Waals surface area contributed by atoms with E-state index in [0.29, 0.717) is 32.4 Å². The van der Waals surface area contributed by atoms with Gasteiger partial charge in [-0.1, -0.05) is 71.9 Å². The smallest absolute Gasteiger partial charge is 0.192 e. The SMILES string of the molecule is Fc1cccc(Cl)c1CSc1nnc(-c2ccc(Cl)cc2Cl)n1C1CCCCC1. The zero-order chi connectivity index (χ0) is 20.4. The lowest BCUT2D eigenvalue weighted by Gasteiger charge is -2.26. The Hall–Kier alpha value is -1.27. The van der Waals surface area contributed by atoms with Crippen LogP contribution >= 0.6 is 46.6 Å². The highest BCUT2D eigenvalue weighted by Crippen LogP contribution is 2.39. The first-order valence-corrected chi connectivity index (χ1v) is 11.6. The third-order valence-corrected chi connectivity index (χ3v) is 7.06. The van der Waals surface area contributed by atoms with Gasteiger partial charge in [0.1, 0.15) is 5.82 Å². The van der Waals surface area contributed by atoms with Gasteiger partial charge in [0.25, 0.3) is 0 Å². The van der Waals surface area contributed by atoms with Crippen molar-refractivity contribution in [1.82, 2.24) is 14.8 Å². The first-order chi connectivity index (χ1) is 14.0. The van der Waals surface area contributed by atoms with E-state index in [1.807, 2.05) is 6.07 Å². The van der Waals surface area contributed by atoms with E-state index >= 15 is 0 Å². The molecule has 0 atom stereocenters. The van der Waals surface area contributed by atoms with Crippen molar-refractivity contribution < 1.29 is 4.39 Å². The van der Waals surface area contributed by atoms with Crippen LogP contribution in [0.25, 0.3) is 11.4 Å². The summed E-state index contributed by atoms with van der Waals surface area (Å²) in [4.78, 5) is 0. The highest BCUT2D eigenvalue weighted by atomic mass is 35.5. The molecule has 8 heteroatoms. The summed E-state index contributed by atoms with van der Waals surface area (Å²) in [5, 5.41) is 11.2. The molecule has 0 bridgehead atoms. The van der Waals surface area contributed by atoms with E-state index in [9.17, 15) is 4.39 Å². The van der Waals surface area contributed by atoms with Gasteiger partial charge in [0.05, 0.1) is 5.02 Å². The molecule has 0 N–H and O–H groups in total. The van der Waals surface area contributed by atoms with Crippen molar-refractivity contribution in [2.24, 2.45) is 0 Å². The molecule has 1 aliphatic rings. The Balaban J connectivity index is 1.71. The van der Waals surface area contributed by atoms with E-state index < -0.39 is 0 Å². The minimum absolute atomic E-state index is 0.291. The van der Waals surface area contributed by atoms with E-state index in [4.69, 9.17) is 34.8 Å². The van der Waals surface area contributed by atoms with Gasteiger partial charge in [-0.3, -0.25) is 4.57 Å². The molecule has 1 aliphatic carbocycles. The highest BCUT2D eigenvalue weighted by Gasteiger charge is 2.25. The van der Waals surface area contributed by atoms with Crippen LogP contribution in [0.1, 0.15) is 43.7 Å². The molecule has 0 unspecified atom stereocenters. The second kappa shape index (κ2) is 9.25. The fourth-order valence-corrected chi connectivity index (χ4v) is 5.55. The summed E-state index contributed by atoms with van der Waals surface area (Å²) in [7, 11) is 0. The Morgan fingerprint density at radius 1 is 1.00 bits per heavy atom. The molecule has 1 saturated carbocycles. The molecule has 0 amide bonds. The van der Waals surface area contributed by atoms with Gasteiger partial charge in [0, 0.05) is 33.0 Å². The van der Waals surface area contributed by atoms with Gasteiger partial charge in [-0.05, 0) is 43.2 Å². The van der Waals surface area contributed by atoms with Crippen LogP contribution in [-0.2, 0) is 5.75 Å². The lowest BCUT2D eigenvalue weighted by molar-refractivity contribution is 0.339. The van der Waals surface area contributed by atoms with Crippen LogP contribution in [0.4, 0.5) is 4.39 Å². The van der Waals surface area contributed by atoms with Crippen LogP contribution < -0.4 is 0 Å². The molecule has 0 aliphatic heterocycles. The Labute approximate surface area is 188 Å². The summed E-state index contributed by atoms with van der Waals surface area (Å²) in [5.41, 5.74) is 1.27. The van der Waals surface area contributed by atoms with Crippen LogP contribution in [-0.4, -0.2) is 14.8 Å². The molecule has 4 rings (SSSR count). The molecule has 0 saturated heterocycles. The zero-order valence-electron chi connectivity index (χ0n) is 15.5. The number of benzene rings is 2. The molecule has 152 valence electrons. The molecule has 1 fully saturated rings. The lowest BCUT2D eigenvalue weighted by Crippen LogP contribution is -2.15. The zero-order valence-corrected chi connectivity index (χ0v) is 18.6. The quantitative estimate of drug-likeness (QED) is 0.356. The fraction of sp³-hybridized carbons (Fsp3) is 0.333. The maximum absolute atomic E-state index is 14.2. The van der Waals surface area contributed by atoms with Crippen LogP contribution in [0.15, 0.2) is 41.6 Å². The van der Waals surface area contributed by atoms with Gasteiger partial charge in [-0.15, -0.1) is 10.2 Å². The van der Waals surface area contributed by atoms with Crippen LogP contribution in [0, 0.1) is 5.82 Å². The lowest BCUT2D eigenvalue weighted by atomic mass is 9.95. The van der Waals surface area contributed by atoms with Gasteiger partial charge in [0.15, 0.2) is 11.0 Å². The number of nitrogens with zero attached hydrogens (tertiary/aromatic N) is 3. The van der Waals surface area contributed by atoms with Crippen molar-refractivity contribution >= 4 is 46.6 Å². The normalized spacial score (nSPS) is 15.0. The molecule has 2 aromatic carbocycles. The average molecular weight is 471 g/mol. The van der Waals surface area contributed by atoms with E-state index in [1.165, 1.54) is 37.1 Å². The number of thioether (sulfide) groups is 1. The van der Waals surface area contributed by atoms with Crippen molar-refractivity contribution in [2.75, 3.05) is 0 Å². The number of hydrogen-bond donors (Lipinski definition) is 0. The van der Waals surface area contributed by atoms with Gasteiger partial charge in [0.2, 0.25) is 0 Å². The van der Waals surface area contributed by atoms with E-state index in [1.54, 1.807) is 24.3 Å².